The Morgan fingerprint density at radius 1 is 1.03 bits per heavy atom. The number of benzene rings is 2. The summed E-state index contributed by atoms with van der Waals surface area (Å²) in [6.45, 7) is 7.19. The van der Waals surface area contributed by atoms with Gasteiger partial charge >= 0.3 is 0 Å². The molecule has 0 aromatic heterocycles. The molecule has 0 spiro atoms. The van der Waals surface area contributed by atoms with Crippen molar-refractivity contribution < 1.29 is 9.59 Å². The summed E-state index contributed by atoms with van der Waals surface area (Å²) in [5, 5.41) is 3.74. The summed E-state index contributed by atoms with van der Waals surface area (Å²) in [4.78, 5) is 27.6. The van der Waals surface area contributed by atoms with Crippen LogP contribution in [-0.2, 0) is 4.79 Å². The van der Waals surface area contributed by atoms with Gasteiger partial charge in [0, 0.05) is 29.7 Å². The minimum atomic E-state index is -0.683. The maximum absolute atomic E-state index is 13.2. The van der Waals surface area contributed by atoms with Gasteiger partial charge in [-0.15, -0.1) is 0 Å². The highest BCUT2D eigenvalue weighted by Gasteiger charge is 2.39. The first kappa shape index (κ1) is 21.4. The van der Waals surface area contributed by atoms with E-state index in [1.54, 1.807) is 12.1 Å². The molecule has 5 heteroatoms. The summed E-state index contributed by atoms with van der Waals surface area (Å²) in [7, 11) is 0. The van der Waals surface area contributed by atoms with Gasteiger partial charge in [-0.2, -0.15) is 0 Å². The minimum absolute atomic E-state index is 0.0907. The van der Waals surface area contributed by atoms with Crippen molar-refractivity contribution in [2.45, 2.75) is 45.6 Å². The second-order valence-electron chi connectivity index (χ2n) is 8.40. The van der Waals surface area contributed by atoms with E-state index in [4.69, 9.17) is 11.6 Å². The largest absolute Gasteiger partial charge is 0.349 e. The maximum atomic E-state index is 13.2. The lowest BCUT2D eigenvalue weighted by molar-refractivity contribution is -0.142. The first-order chi connectivity index (χ1) is 13.8. The highest BCUT2D eigenvalue weighted by atomic mass is 35.5. The quantitative estimate of drug-likeness (QED) is 0.759. The maximum Gasteiger partial charge on any atom is 0.251 e. The number of nitrogens with zero attached hydrogens (tertiary/aromatic N) is 1. The van der Waals surface area contributed by atoms with Crippen molar-refractivity contribution >= 4 is 23.4 Å². The average Bonchev–Trinajstić information content (AvgIpc) is 2.74. The lowest BCUT2D eigenvalue weighted by atomic mass is 9.82. The first-order valence-electron chi connectivity index (χ1n) is 10.2. The zero-order chi connectivity index (χ0) is 21.0. The summed E-state index contributed by atoms with van der Waals surface area (Å²) in [6.07, 6.45) is 1.88. The lowest BCUT2D eigenvalue weighted by Gasteiger charge is -2.39. The lowest BCUT2D eigenvalue weighted by Crippen LogP contribution is -2.53. The molecule has 1 unspecified atom stereocenters. The molecule has 29 heavy (non-hydrogen) atoms. The van der Waals surface area contributed by atoms with E-state index in [-0.39, 0.29) is 17.9 Å². The molecular weight excluding hydrogens is 384 g/mol. The van der Waals surface area contributed by atoms with Crippen molar-refractivity contribution in [1.29, 1.82) is 0 Å². The Hall–Kier alpha value is -2.33. The van der Waals surface area contributed by atoms with Gasteiger partial charge in [0.1, 0.15) is 0 Å². The van der Waals surface area contributed by atoms with Crippen LogP contribution in [0.3, 0.4) is 0 Å². The smallest absolute Gasteiger partial charge is 0.251 e. The molecule has 1 N–H and O–H groups in total. The van der Waals surface area contributed by atoms with Gasteiger partial charge in [0.05, 0.1) is 5.41 Å². The molecular formula is C24H29ClN2O2. The van der Waals surface area contributed by atoms with Crippen LogP contribution in [-0.4, -0.2) is 35.8 Å². The molecule has 1 fully saturated rings. The molecule has 1 aliphatic heterocycles. The van der Waals surface area contributed by atoms with Crippen LogP contribution in [0.2, 0.25) is 5.02 Å². The number of rotatable bonds is 5. The van der Waals surface area contributed by atoms with E-state index in [0.29, 0.717) is 11.5 Å². The molecule has 2 aromatic carbocycles. The number of carbonyl (C=O) groups is 2. The van der Waals surface area contributed by atoms with Crippen molar-refractivity contribution in [3.05, 3.63) is 70.7 Å². The number of nitrogens with one attached hydrogen (secondary N) is 1. The molecule has 1 heterocycles. The van der Waals surface area contributed by atoms with E-state index in [2.05, 4.69) is 17.4 Å². The third-order valence-corrected chi connectivity index (χ3v) is 6.39. The molecule has 1 atom stereocenters. The van der Waals surface area contributed by atoms with E-state index in [1.165, 1.54) is 5.56 Å². The van der Waals surface area contributed by atoms with Crippen LogP contribution in [0.5, 0.6) is 0 Å². The van der Waals surface area contributed by atoms with Crippen LogP contribution in [0.4, 0.5) is 0 Å². The zero-order valence-corrected chi connectivity index (χ0v) is 18.1. The molecule has 0 radical (unpaired) electrons. The summed E-state index contributed by atoms with van der Waals surface area (Å²) in [5.41, 5.74) is 1.20. The van der Waals surface area contributed by atoms with E-state index in [1.807, 2.05) is 56.0 Å². The van der Waals surface area contributed by atoms with Gasteiger partial charge in [-0.25, -0.2) is 0 Å². The van der Waals surface area contributed by atoms with Gasteiger partial charge in [-0.3, -0.25) is 9.59 Å². The van der Waals surface area contributed by atoms with Crippen molar-refractivity contribution in [3.8, 4) is 0 Å². The summed E-state index contributed by atoms with van der Waals surface area (Å²) >= 11 is 5.99. The van der Waals surface area contributed by atoms with Gasteiger partial charge in [-0.05, 0) is 69.4 Å². The van der Waals surface area contributed by atoms with E-state index < -0.39 is 5.41 Å². The van der Waals surface area contributed by atoms with E-state index in [9.17, 15) is 9.59 Å². The van der Waals surface area contributed by atoms with Gasteiger partial charge < -0.3 is 10.2 Å². The van der Waals surface area contributed by atoms with Crippen LogP contribution in [0.15, 0.2) is 54.6 Å². The fourth-order valence-electron chi connectivity index (χ4n) is 3.79. The van der Waals surface area contributed by atoms with E-state index in [0.717, 1.165) is 31.0 Å². The van der Waals surface area contributed by atoms with Crippen molar-refractivity contribution in [2.75, 3.05) is 13.1 Å². The second kappa shape index (κ2) is 9.00. The number of hydrogen-bond donors (Lipinski definition) is 1. The van der Waals surface area contributed by atoms with Crippen LogP contribution in [0.25, 0.3) is 0 Å². The average molecular weight is 413 g/mol. The van der Waals surface area contributed by atoms with Crippen LogP contribution in [0.1, 0.15) is 55.5 Å². The molecule has 1 aliphatic rings. The topological polar surface area (TPSA) is 49.4 Å². The molecule has 0 bridgehead atoms. The Morgan fingerprint density at radius 2 is 1.62 bits per heavy atom. The predicted octanol–water partition coefficient (Wildman–Crippen LogP) is 4.89. The standard InChI is InChI=1S/C24H29ClN2O2/c1-17(26-22(28)20-7-5-4-6-8-20)24(2,3)23(29)27-15-13-19(14-16-27)18-9-11-21(25)12-10-18/h4-12,17,19H,13-16H2,1-3H3,(H,26,28). The van der Waals surface area contributed by atoms with Gasteiger partial charge in [0.2, 0.25) is 5.91 Å². The number of carbonyl (C=O) groups excluding carboxylic acids is 2. The first-order valence-corrected chi connectivity index (χ1v) is 10.6. The summed E-state index contributed by atoms with van der Waals surface area (Å²) in [5.74, 6) is 0.392. The second-order valence-corrected chi connectivity index (χ2v) is 8.84. The SMILES string of the molecule is CC(NC(=O)c1ccccc1)C(C)(C)C(=O)N1CCC(c2ccc(Cl)cc2)CC1. The monoisotopic (exact) mass is 412 g/mol. The molecule has 2 amide bonds. The number of amides is 2. The highest BCUT2D eigenvalue weighted by molar-refractivity contribution is 6.30. The Morgan fingerprint density at radius 3 is 2.21 bits per heavy atom. The number of hydrogen-bond acceptors (Lipinski definition) is 2. The Labute approximate surface area is 178 Å². The molecule has 2 aromatic rings. The van der Waals surface area contributed by atoms with Crippen LogP contribution >= 0.6 is 11.6 Å². The Balaban J connectivity index is 1.58. The number of likely N-dealkylation sites (tertiary alicyclic amines) is 1. The molecule has 0 saturated carbocycles. The molecule has 3 rings (SSSR count). The highest BCUT2D eigenvalue weighted by Crippen LogP contribution is 2.32. The van der Waals surface area contributed by atoms with Gasteiger partial charge in [-0.1, -0.05) is 41.9 Å². The summed E-state index contributed by atoms with van der Waals surface area (Å²) < 4.78 is 0. The fourth-order valence-corrected chi connectivity index (χ4v) is 3.92. The third kappa shape index (κ3) is 4.99. The Kier molecular flexibility index (Phi) is 6.63. The van der Waals surface area contributed by atoms with Gasteiger partial charge in [0.15, 0.2) is 0 Å². The fraction of sp³-hybridized carbons (Fsp3) is 0.417. The molecule has 154 valence electrons. The van der Waals surface area contributed by atoms with Crippen molar-refractivity contribution in [3.63, 3.8) is 0 Å². The normalized spacial score (nSPS) is 16.3. The van der Waals surface area contributed by atoms with Crippen molar-refractivity contribution in [1.82, 2.24) is 10.2 Å². The minimum Gasteiger partial charge on any atom is -0.349 e. The predicted molar refractivity (Wildman–Crippen MR) is 117 cm³/mol. The summed E-state index contributed by atoms with van der Waals surface area (Å²) in [6, 6.07) is 16.8. The van der Waals surface area contributed by atoms with Crippen molar-refractivity contribution in [2.24, 2.45) is 5.41 Å². The molecule has 4 nitrogen and oxygen atoms in total. The third-order valence-electron chi connectivity index (χ3n) is 6.14. The number of halogens is 1. The molecule has 1 saturated heterocycles. The number of piperidine rings is 1. The van der Waals surface area contributed by atoms with Crippen LogP contribution < -0.4 is 5.32 Å². The van der Waals surface area contributed by atoms with E-state index >= 15 is 0 Å². The van der Waals surface area contributed by atoms with Crippen LogP contribution in [0, 0.1) is 5.41 Å². The molecule has 0 aliphatic carbocycles. The Bertz CT molecular complexity index is 841. The zero-order valence-electron chi connectivity index (χ0n) is 17.3. The van der Waals surface area contributed by atoms with Gasteiger partial charge in [0.25, 0.3) is 5.91 Å².